The summed E-state index contributed by atoms with van der Waals surface area (Å²) in [4.78, 5) is 24.6. The lowest BCUT2D eigenvalue weighted by Crippen LogP contribution is -2.49. The zero-order valence-electron chi connectivity index (χ0n) is 11.0. The Labute approximate surface area is 111 Å². The number of hydrogen-bond acceptors (Lipinski definition) is 3. The third-order valence-electron chi connectivity index (χ3n) is 3.96. The smallest absolute Gasteiger partial charge is 0.327 e. The van der Waals surface area contributed by atoms with Crippen LogP contribution in [0.4, 0.5) is 4.79 Å². The van der Waals surface area contributed by atoms with Crippen LogP contribution in [-0.4, -0.2) is 45.7 Å². The first-order chi connectivity index (χ1) is 8.33. The average Bonchev–Trinajstić information content (AvgIpc) is 2.69. The third kappa shape index (κ3) is 2.58. The van der Waals surface area contributed by atoms with Gasteiger partial charge in [0.1, 0.15) is 6.04 Å². The van der Waals surface area contributed by atoms with E-state index in [0.717, 1.165) is 6.42 Å². The van der Waals surface area contributed by atoms with Crippen LogP contribution < -0.4 is 5.32 Å². The Kier molecular flexibility index (Phi) is 3.49. The van der Waals surface area contributed by atoms with E-state index in [-0.39, 0.29) is 11.4 Å². The molecular formula is C12H20N2O3S. The normalized spacial score (nSPS) is 33.3. The topological polar surface area (TPSA) is 69.6 Å². The maximum Gasteiger partial charge on any atom is 0.327 e. The Morgan fingerprint density at radius 2 is 2.11 bits per heavy atom. The summed E-state index contributed by atoms with van der Waals surface area (Å²) < 4.78 is 0. The van der Waals surface area contributed by atoms with E-state index in [9.17, 15) is 9.59 Å². The second-order valence-corrected chi connectivity index (χ2v) is 7.12. The van der Waals surface area contributed by atoms with Gasteiger partial charge in [-0.3, -0.25) is 4.90 Å². The minimum Gasteiger partial charge on any atom is -0.480 e. The van der Waals surface area contributed by atoms with Gasteiger partial charge in [0.05, 0.1) is 5.37 Å². The van der Waals surface area contributed by atoms with Gasteiger partial charge < -0.3 is 10.4 Å². The number of thioether (sulfide) groups is 1. The molecule has 0 bridgehead atoms. The van der Waals surface area contributed by atoms with E-state index in [2.05, 4.69) is 19.2 Å². The van der Waals surface area contributed by atoms with Crippen LogP contribution in [0.3, 0.4) is 0 Å². The molecule has 0 spiro atoms. The Morgan fingerprint density at radius 1 is 1.50 bits per heavy atom. The molecule has 0 aromatic rings. The number of carbonyl (C=O) groups excluding carboxylic acids is 1. The standard InChI is InChI=1S/C12H20N2O3S/c1-7-14(9(6-18-7)10(15)16)11(17)13-5-8-4-12(8,2)3/h7-9H,4-6H2,1-3H3,(H,13,17)(H,15,16). The molecule has 2 amide bonds. The summed E-state index contributed by atoms with van der Waals surface area (Å²) in [5.41, 5.74) is 0.324. The van der Waals surface area contributed by atoms with Crippen molar-refractivity contribution >= 4 is 23.8 Å². The van der Waals surface area contributed by atoms with Gasteiger partial charge in [-0.2, -0.15) is 0 Å². The fourth-order valence-electron chi connectivity index (χ4n) is 2.37. The highest BCUT2D eigenvalue weighted by molar-refractivity contribution is 8.00. The first kappa shape index (κ1) is 13.5. The van der Waals surface area contributed by atoms with E-state index in [1.165, 1.54) is 16.7 Å². The van der Waals surface area contributed by atoms with Gasteiger partial charge in [0.15, 0.2) is 0 Å². The molecule has 1 heterocycles. The first-order valence-electron chi connectivity index (χ1n) is 6.23. The van der Waals surface area contributed by atoms with Crippen LogP contribution in [0.25, 0.3) is 0 Å². The number of hydrogen-bond donors (Lipinski definition) is 2. The Morgan fingerprint density at radius 3 is 2.61 bits per heavy atom. The van der Waals surface area contributed by atoms with Crippen LogP contribution in [0.1, 0.15) is 27.2 Å². The Bertz CT molecular complexity index is 372. The fourth-order valence-corrected chi connectivity index (χ4v) is 3.53. The van der Waals surface area contributed by atoms with Crippen LogP contribution in [0, 0.1) is 11.3 Å². The summed E-state index contributed by atoms with van der Waals surface area (Å²) in [5.74, 6) is 0.0720. The third-order valence-corrected chi connectivity index (χ3v) is 5.18. The number of aliphatic carboxylic acids is 1. The van der Waals surface area contributed by atoms with Crippen molar-refractivity contribution in [3.8, 4) is 0 Å². The number of nitrogens with one attached hydrogen (secondary N) is 1. The van der Waals surface area contributed by atoms with Gasteiger partial charge in [-0.25, -0.2) is 9.59 Å². The van der Waals surface area contributed by atoms with Crippen molar-refractivity contribution in [3.05, 3.63) is 0 Å². The lowest BCUT2D eigenvalue weighted by atomic mass is 10.1. The molecule has 0 aromatic heterocycles. The Hall–Kier alpha value is -0.910. The quantitative estimate of drug-likeness (QED) is 0.818. The Balaban J connectivity index is 1.89. The molecule has 2 aliphatic rings. The average molecular weight is 272 g/mol. The number of rotatable bonds is 3. The number of nitrogens with zero attached hydrogens (tertiary/aromatic N) is 1. The van der Waals surface area contributed by atoms with Crippen LogP contribution in [0.15, 0.2) is 0 Å². The number of carboxylic acid groups (broad SMARTS) is 1. The molecule has 1 aliphatic carbocycles. The second kappa shape index (κ2) is 4.64. The molecule has 1 saturated heterocycles. The summed E-state index contributed by atoms with van der Waals surface area (Å²) in [6.07, 6.45) is 1.12. The van der Waals surface area contributed by atoms with Crippen LogP contribution >= 0.6 is 11.8 Å². The van der Waals surface area contributed by atoms with Crippen LogP contribution in [0.5, 0.6) is 0 Å². The highest BCUT2D eigenvalue weighted by atomic mass is 32.2. The molecule has 2 N–H and O–H groups in total. The molecule has 3 atom stereocenters. The molecule has 1 saturated carbocycles. The molecule has 102 valence electrons. The summed E-state index contributed by atoms with van der Waals surface area (Å²) in [6, 6.07) is -0.945. The van der Waals surface area contributed by atoms with Crippen molar-refractivity contribution in [1.82, 2.24) is 10.2 Å². The zero-order valence-corrected chi connectivity index (χ0v) is 11.8. The highest BCUT2D eigenvalue weighted by Crippen LogP contribution is 2.51. The monoisotopic (exact) mass is 272 g/mol. The van der Waals surface area contributed by atoms with Crippen molar-refractivity contribution in [2.24, 2.45) is 11.3 Å². The van der Waals surface area contributed by atoms with Gasteiger partial charge in [-0.05, 0) is 24.7 Å². The summed E-state index contributed by atoms with van der Waals surface area (Å²) in [5, 5.41) is 11.9. The molecular weight excluding hydrogens is 252 g/mol. The van der Waals surface area contributed by atoms with E-state index in [1.807, 2.05) is 6.92 Å². The minimum atomic E-state index is -0.922. The van der Waals surface area contributed by atoms with E-state index in [1.54, 1.807) is 0 Å². The maximum atomic E-state index is 12.1. The van der Waals surface area contributed by atoms with Gasteiger partial charge in [-0.1, -0.05) is 13.8 Å². The summed E-state index contributed by atoms with van der Waals surface area (Å²) >= 11 is 1.50. The maximum absolute atomic E-state index is 12.1. The van der Waals surface area contributed by atoms with E-state index >= 15 is 0 Å². The van der Waals surface area contributed by atoms with Gasteiger partial charge in [-0.15, -0.1) is 11.8 Å². The van der Waals surface area contributed by atoms with Crippen LogP contribution in [0.2, 0.25) is 0 Å². The number of carbonyl (C=O) groups is 2. The highest BCUT2D eigenvalue weighted by Gasteiger charge is 2.46. The number of urea groups is 1. The zero-order chi connectivity index (χ0) is 13.5. The van der Waals surface area contributed by atoms with Gasteiger partial charge in [0.25, 0.3) is 0 Å². The van der Waals surface area contributed by atoms with Crippen molar-refractivity contribution in [2.75, 3.05) is 12.3 Å². The molecule has 1 aliphatic heterocycles. The van der Waals surface area contributed by atoms with Crippen LogP contribution in [-0.2, 0) is 4.79 Å². The largest absolute Gasteiger partial charge is 0.480 e. The lowest BCUT2D eigenvalue weighted by Gasteiger charge is -2.25. The van der Waals surface area contributed by atoms with Gasteiger partial charge in [0, 0.05) is 12.3 Å². The lowest BCUT2D eigenvalue weighted by molar-refractivity contribution is -0.141. The second-order valence-electron chi connectivity index (χ2n) is 5.77. The molecule has 6 heteroatoms. The van der Waals surface area contributed by atoms with Crippen molar-refractivity contribution in [2.45, 2.75) is 38.6 Å². The SMILES string of the molecule is CC1SCC(C(=O)O)N1C(=O)NCC1CC1(C)C. The van der Waals surface area contributed by atoms with Crippen molar-refractivity contribution in [1.29, 1.82) is 0 Å². The summed E-state index contributed by atoms with van der Waals surface area (Å²) in [6.45, 7) is 6.87. The van der Waals surface area contributed by atoms with E-state index in [0.29, 0.717) is 23.6 Å². The molecule has 2 fully saturated rings. The van der Waals surface area contributed by atoms with Crippen molar-refractivity contribution in [3.63, 3.8) is 0 Å². The molecule has 0 radical (unpaired) electrons. The van der Waals surface area contributed by atoms with Gasteiger partial charge in [0.2, 0.25) is 0 Å². The van der Waals surface area contributed by atoms with E-state index in [4.69, 9.17) is 5.11 Å². The molecule has 3 unspecified atom stereocenters. The fraction of sp³-hybridized carbons (Fsp3) is 0.833. The van der Waals surface area contributed by atoms with Crippen molar-refractivity contribution < 1.29 is 14.7 Å². The molecule has 0 aromatic carbocycles. The molecule has 2 rings (SSSR count). The molecule has 5 nitrogen and oxygen atoms in total. The first-order valence-corrected chi connectivity index (χ1v) is 7.28. The molecule has 18 heavy (non-hydrogen) atoms. The minimum absolute atomic E-state index is 0.0710. The predicted molar refractivity (Wildman–Crippen MR) is 70.5 cm³/mol. The van der Waals surface area contributed by atoms with Gasteiger partial charge >= 0.3 is 12.0 Å². The number of amides is 2. The number of carboxylic acids is 1. The predicted octanol–water partition coefficient (Wildman–Crippen LogP) is 1.59. The van der Waals surface area contributed by atoms with E-state index < -0.39 is 12.0 Å². The summed E-state index contributed by atoms with van der Waals surface area (Å²) in [7, 11) is 0.